The molecule has 0 saturated carbocycles. The zero-order chi connectivity index (χ0) is 15.4. The van der Waals surface area contributed by atoms with Crippen LogP contribution in [0.15, 0.2) is 0 Å². The van der Waals surface area contributed by atoms with Crippen molar-refractivity contribution in [1.82, 2.24) is 4.90 Å². The highest BCUT2D eigenvalue weighted by Gasteiger charge is 2.37. The predicted octanol–water partition coefficient (Wildman–Crippen LogP) is 2.97. The van der Waals surface area contributed by atoms with Gasteiger partial charge in [0.15, 0.2) is 8.32 Å². The van der Waals surface area contributed by atoms with E-state index in [1.54, 1.807) is 6.92 Å². The van der Waals surface area contributed by atoms with Gasteiger partial charge < -0.3 is 9.53 Å². The Morgan fingerprint density at radius 3 is 2.11 bits per heavy atom. The van der Waals surface area contributed by atoms with Crippen molar-refractivity contribution in [2.75, 3.05) is 13.2 Å². The minimum absolute atomic E-state index is 0.0847. The Balaban J connectivity index is 4.63. The van der Waals surface area contributed by atoms with Gasteiger partial charge in [-0.2, -0.15) is 0 Å². The number of amides is 1. The molecule has 0 aromatic carbocycles. The number of rotatable bonds is 6. The maximum atomic E-state index is 11.1. The summed E-state index contributed by atoms with van der Waals surface area (Å²) in [4.78, 5) is 23.3. The van der Waals surface area contributed by atoms with Crippen LogP contribution in [0.4, 0.5) is 4.79 Å². The Bertz CT molecular complexity index is 336. The maximum Gasteiger partial charge on any atom is 0.408 e. The summed E-state index contributed by atoms with van der Waals surface area (Å²) < 4.78 is 5.99. The number of ketones is 1. The molecule has 0 fully saturated rings. The highest BCUT2D eigenvalue weighted by atomic mass is 28.4. The van der Waals surface area contributed by atoms with E-state index in [1.165, 1.54) is 6.92 Å². The van der Waals surface area contributed by atoms with Crippen LogP contribution < -0.4 is 0 Å². The molecule has 1 atom stereocenters. The number of nitrogens with zero attached hydrogens (tertiary/aromatic N) is 1. The minimum Gasteiger partial charge on any atom is -0.465 e. The Labute approximate surface area is 117 Å². The van der Waals surface area contributed by atoms with Crippen molar-refractivity contribution in [2.45, 2.75) is 58.8 Å². The average molecular weight is 289 g/mol. The van der Waals surface area contributed by atoms with Gasteiger partial charge >= 0.3 is 6.09 Å². The highest BCUT2D eigenvalue weighted by Crippen LogP contribution is 2.36. The van der Waals surface area contributed by atoms with Gasteiger partial charge in [0.05, 0.1) is 19.2 Å². The molecule has 0 aliphatic heterocycles. The molecule has 0 aromatic rings. The molecular weight excluding hydrogens is 262 g/mol. The van der Waals surface area contributed by atoms with Gasteiger partial charge in [-0.15, -0.1) is 0 Å². The lowest BCUT2D eigenvalue weighted by atomic mass is 10.2. The summed E-state index contributed by atoms with van der Waals surface area (Å²) in [5.74, 6) is -0.165. The summed E-state index contributed by atoms with van der Waals surface area (Å²) in [6, 6.07) is -0.324. The SMILES string of the molecule is CC(=O)CN(C(=O)O)[C@@H](C)CO[Si](C)(C)C(C)(C)C. The first kappa shape index (κ1) is 18.1. The minimum atomic E-state index is -1.89. The molecule has 0 heterocycles. The number of carboxylic acid groups (broad SMARTS) is 1. The third-order valence-corrected chi connectivity index (χ3v) is 8.16. The predicted molar refractivity (Wildman–Crippen MR) is 78.0 cm³/mol. The number of hydrogen-bond acceptors (Lipinski definition) is 3. The fourth-order valence-corrected chi connectivity index (χ4v) is 2.38. The highest BCUT2D eigenvalue weighted by molar-refractivity contribution is 6.74. The Morgan fingerprint density at radius 2 is 1.79 bits per heavy atom. The second kappa shape index (κ2) is 6.52. The zero-order valence-corrected chi connectivity index (χ0v) is 14.1. The van der Waals surface area contributed by atoms with Crippen molar-refractivity contribution in [3.8, 4) is 0 Å². The van der Waals surface area contributed by atoms with E-state index < -0.39 is 14.4 Å². The summed E-state index contributed by atoms with van der Waals surface area (Å²) in [5, 5.41) is 9.20. The van der Waals surface area contributed by atoms with Crippen molar-refractivity contribution >= 4 is 20.2 Å². The topological polar surface area (TPSA) is 66.8 Å². The quantitative estimate of drug-likeness (QED) is 0.763. The number of carbonyl (C=O) groups excluding carboxylic acids is 1. The normalized spacial score (nSPS) is 14.1. The van der Waals surface area contributed by atoms with Crippen molar-refractivity contribution in [3.05, 3.63) is 0 Å². The molecule has 5 nitrogen and oxygen atoms in total. The largest absolute Gasteiger partial charge is 0.465 e. The van der Waals surface area contributed by atoms with E-state index in [-0.39, 0.29) is 23.4 Å². The van der Waals surface area contributed by atoms with Crippen LogP contribution in [0.1, 0.15) is 34.6 Å². The Hall–Kier alpha value is -0.883. The molecule has 1 N–H and O–H groups in total. The van der Waals surface area contributed by atoms with Gasteiger partial charge in [-0.3, -0.25) is 9.69 Å². The molecular formula is C13H27NO4Si. The lowest BCUT2D eigenvalue weighted by molar-refractivity contribution is -0.118. The molecule has 0 rings (SSSR count). The third kappa shape index (κ3) is 5.73. The van der Waals surface area contributed by atoms with Gasteiger partial charge in [-0.05, 0) is 32.0 Å². The van der Waals surface area contributed by atoms with Crippen LogP contribution in [0.3, 0.4) is 0 Å². The summed E-state index contributed by atoms with van der Waals surface area (Å²) in [6.07, 6.45) is -1.08. The summed E-state index contributed by atoms with van der Waals surface area (Å²) in [5.41, 5.74) is 0. The first-order valence-electron chi connectivity index (χ1n) is 6.51. The molecule has 0 unspecified atom stereocenters. The number of carbonyl (C=O) groups is 2. The van der Waals surface area contributed by atoms with Gasteiger partial charge in [0, 0.05) is 0 Å². The standard InChI is InChI=1S/C13H27NO4Si/c1-10(14(12(16)17)8-11(2)15)9-18-19(6,7)13(3,4)5/h10H,8-9H2,1-7H3,(H,16,17)/t10-/m0/s1. The van der Waals surface area contributed by atoms with E-state index in [0.717, 1.165) is 4.90 Å². The zero-order valence-electron chi connectivity index (χ0n) is 13.1. The second-order valence-electron chi connectivity index (χ2n) is 6.53. The van der Waals surface area contributed by atoms with Crippen LogP contribution in [0.2, 0.25) is 18.1 Å². The maximum absolute atomic E-state index is 11.1. The first-order valence-corrected chi connectivity index (χ1v) is 9.42. The Kier molecular flexibility index (Phi) is 6.22. The Morgan fingerprint density at radius 1 is 1.32 bits per heavy atom. The third-order valence-electron chi connectivity index (χ3n) is 3.66. The molecule has 0 aliphatic rings. The van der Waals surface area contributed by atoms with E-state index in [4.69, 9.17) is 9.53 Å². The van der Waals surface area contributed by atoms with Crippen LogP contribution in [-0.2, 0) is 9.22 Å². The first-order chi connectivity index (χ1) is 8.38. The number of hydrogen-bond donors (Lipinski definition) is 1. The fourth-order valence-electron chi connectivity index (χ4n) is 1.29. The van der Waals surface area contributed by atoms with E-state index in [0.29, 0.717) is 6.61 Å². The summed E-state index contributed by atoms with van der Waals surface area (Å²) in [6.45, 7) is 14.0. The van der Waals surface area contributed by atoms with Gasteiger partial charge in [-0.1, -0.05) is 20.8 Å². The molecule has 1 amide bonds. The van der Waals surface area contributed by atoms with Crippen molar-refractivity contribution < 1.29 is 19.1 Å². The van der Waals surface area contributed by atoms with E-state index in [2.05, 4.69) is 33.9 Å². The molecule has 0 aromatic heterocycles. The molecule has 0 saturated heterocycles. The fraction of sp³-hybridized carbons (Fsp3) is 0.846. The molecule has 19 heavy (non-hydrogen) atoms. The van der Waals surface area contributed by atoms with Gasteiger partial charge in [0.1, 0.15) is 5.78 Å². The molecule has 6 heteroatoms. The van der Waals surface area contributed by atoms with Gasteiger partial charge in [0.2, 0.25) is 0 Å². The van der Waals surface area contributed by atoms with Gasteiger partial charge in [0.25, 0.3) is 0 Å². The lowest BCUT2D eigenvalue weighted by Gasteiger charge is -2.38. The van der Waals surface area contributed by atoms with Crippen molar-refractivity contribution in [3.63, 3.8) is 0 Å². The summed E-state index contributed by atoms with van der Waals surface area (Å²) >= 11 is 0. The van der Waals surface area contributed by atoms with E-state index in [9.17, 15) is 9.59 Å². The van der Waals surface area contributed by atoms with Crippen LogP contribution >= 0.6 is 0 Å². The molecule has 0 radical (unpaired) electrons. The summed E-state index contributed by atoms with van der Waals surface area (Å²) in [7, 11) is -1.89. The van der Waals surface area contributed by atoms with E-state index in [1.807, 2.05) is 0 Å². The smallest absolute Gasteiger partial charge is 0.408 e. The van der Waals surface area contributed by atoms with Crippen LogP contribution in [0.25, 0.3) is 0 Å². The molecule has 112 valence electrons. The molecule has 0 bridgehead atoms. The van der Waals surface area contributed by atoms with Gasteiger partial charge in [-0.25, -0.2) is 4.79 Å². The molecule has 0 aliphatic carbocycles. The second-order valence-corrected chi connectivity index (χ2v) is 11.3. The van der Waals surface area contributed by atoms with Crippen molar-refractivity contribution in [2.24, 2.45) is 0 Å². The molecule has 0 spiro atoms. The average Bonchev–Trinajstić information content (AvgIpc) is 2.20. The number of Topliss-reactive ketones (excluding diaryl/α,β-unsaturated/α-hetero) is 1. The van der Waals surface area contributed by atoms with Crippen molar-refractivity contribution in [1.29, 1.82) is 0 Å². The van der Waals surface area contributed by atoms with Crippen LogP contribution in [0, 0.1) is 0 Å². The lowest BCUT2D eigenvalue weighted by Crippen LogP contribution is -2.47. The monoisotopic (exact) mass is 289 g/mol. The van der Waals surface area contributed by atoms with Crippen LogP contribution in [-0.4, -0.2) is 49.4 Å². The van der Waals surface area contributed by atoms with E-state index >= 15 is 0 Å². The van der Waals surface area contributed by atoms with Crippen LogP contribution in [0.5, 0.6) is 0 Å².